The second-order valence-corrected chi connectivity index (χ2v) is 5.58. The summed E-state index contributed by atoms with van der Waals surface area (Å²) >= 11 is 7.13. The number of alkyl halides is 1. The Morgan fingerprint density at radius 1 is 1.56 bits per heavy atom. The molecule has 1 unspecified atom stereocenters. The van der Waals surface area contributed by atoms with Crippen molar-refractivity contribution in [3.63, 3.8) is 0 Å². The van der Waals surface area contributed by atoms with E-state index in [0.29, 0.717) is 23.1 Å². The summed E-state index contributed by atoms with van der Waals surface area (Å²) in [6.45, 7) is 4.36. The minimum absolute atomic E-state index is 0.0351. The van der Waals surface area contributed by atoms with E-state index >= 15 is 0 Å². The summed E-state index contributed by atoms with van der Waals surface area (Å²) in [4.78, 5) is 11.4. The zero-order valence-corrected chi connectivity index (χ0v) is 12.0. The van der Waals surface area contributed by atoms with Gasteiger partial charge in [0.15, 0.2) is 5.75 Å². The van der Waals surface area contributed by atoms with Crippen molar-refractivity contribution >= 4 is 29.1 Å². The van der Waals surface area contributed by atoms with Gasteiger partial charge in [-0.2, -0.15) is 0 Å². The molecule has 6 heteroatoms. The third kappa shape index (κ3) is 4.07. The van der Waals surface area contributed by atoms with Crippen molar-refractivity contribution in [2.45, 2.75) is 30.4 Å². The third-order valence-electron chi connectivity index (χ3n) is 2.15. The van der Waals surface area contributed by atoms with Crippen molar-refractivity contribution in [1.29, 1.82) is 0 Å². The molecular weight excluding hydrogens is 274 g/mol. The first-order chi connectivity index (χ1) is 8.60. The van der Waals surface area contributed by atoms with Crippen LogP contribution in [0.3, 0.4) is 0 Å². The van der Waals surface area contributed by atoms with Crippen molar-refractivity contribution < 1.29 is 9.66 Å². The van der Waals surface area contributed by atoms with Crippen LogP contribution in [0, 0.1) is 10.1 Å². The highest BCUT2D eigenvalue weighted by molar-refractivity contribution is 8.00. The van der Waals surface area contributed by atoms with Gasteiger partial charge in [-0.1, -0.05) is 19.9 Å². The summed E-state index contributed by atoms with van der Waals surface area (Å²) < 4.78 is 5.42. The molecular formula is C12H16ClNO3S. The molecule has 18 heavy (non-hydrogen) atoms. The Labute approximate surface area is 116 Å². The standard InChI is InChI=1S/C12H16ClNO3S/c1-3-7-17-10-5-4-6-11(12(10)14(15)16)18-9(2)8-13/h4-6,9H,3,7-8H2,1-2H3. The SMILES string of the molecule is CCCOc1cccc(SC(C)CCl)c1[N+](=O)[O-]. The topological polar surface area (TPSA) is 52.4 Å². The fraction of sp³-hybridized carbons (Fsp3) is 0.500. The van der Waals surface area contributed by atoms with Crippen molar-refractivity contribution in [2.24, 2.45) is 0 Å². The van der Waals surface area contributed by atoms with Crippen LogP contribution < -0.4 is 4.74 Å². The number of hydrogen-bond donors (Lipinski definition) is 0. The van der Waals surface area contributed by atoms with Crippen molar-refractivity contribution in [3.05, 3.63) is 28.3 Å². The van der Waals surface area contributed by atoms with Crippen molar-refractivity contribution in [1.82, 2.24) is 0 Å². The molecule has 0 heterocycles. The number of rotatable bonds is 7. The van der Waals surface area contributed by atoms with Crippen LogP contribution >= 0.6 is 23.4 Å². The zero-order valence-electron chi connectivity index (χ0n) is 10.4. The van der Waals surface area contributed by atoms with Crippen molar-refractivity contribution in [3.8, 4) is 5.75 Å². The Morgan fingerprint density at radius 3 is 2.83 bits per heavy atom. The van der Waals surface area contributed by atoms with E-state index in [1.54, 1.807) is 18.2 Å². The highest BCUT2D eigenvalue weighted by Crippen LogP contribution is 2.39. The number of nitro benzene ring substituents is 1. The molecule has 0 bridgehead atoms. The molecule has 0 aliphatic carbocycles. The van der Waals surface area contributed by atoms with E-state index in [1.807, 2.05) is 13.8 Å². The van der Waals surface area contributed by atoms with Crippen LogP contribution in [0.25, 0.3) is 0 Å². The molecule has 0 radical (unpaired) electrons. The summed E-state index contributed by atoms with van der Waals surface area (Å²) in [5, 5.41) is 11.3. The lowest BCUT2D eigenvalue weighted by molar-refractivity contribution is -0.388. The quantitative estimate of drug-likeness (QED) is 0.328. The number of para-hydroxylation sites is 1. The number of halogens is 1. The van der Waals surface area contributed by atoms with Gasteiger partial charge in [0.1, 0.15) is 0 Å². The van der Waals surface area contributed by atoms with E-state index < -0.39 is 4.92 Å². The summed E-state index contributed by atoms with van der Waals surface area (Å²) in [7, 11) is 0. The number of nitro groups is 1. The van der Waals surface area contributed by atoms with Crippen LogP contribution in [-0.4, -0.2) is 22.7 Å². The average Bonchev–Trinajstić information content (AvgIpc) is 2.35. The molecule has 0 spiro atoms. The molecule has 0 saturated heterocycles. The first-order valence-electron chi connectivity index (χ1n) is 5.73. The maximum absolute atomic E-state index is 11.2. The van der Waals surface area contributed by atoms with Crippen LogP contribution in [0.15, 0.2) is 23.1 Å². The molecule has 1 aromatic rings. The van der Waals surface area contributed by atoms with E-state index in [0.717, 1.165) is 6.42 Å². The van der Waals surface area contributed by atoms with Gasteiger partial charge in [-0.15, -0.1) is 23.4 Å². The first-order valence-corrected chi connectivity index (χ1v) is 7.14. The predicted octanol–water partition coefficient (Wildman–Crippen LogP) is 4.10. The molecule has 0 N–H and O–H groups in total. The normalized spacial score (nSPS) is 12.2. The first kappa shape index (κ1) is 15.1. The molecule has 100 valence electrons. The molecule has 0 fully saturated rings. The van der Waals surface area contributed by atoms with E-state index in [2.05, 4.69) is 0 Å². The van der Waals surface area contributed by atoms with Gasteiger partial charge in [-0.05, 0) is 18.6 Å². The Kier molecular flexibility index (Phi) is 6.29. The summed E-state index contributed by atoms with van der Waals surface area (Å²) in [5.41, 5.74) is 0.0351. The fourth-order valence-electron chi connectivity index (χ4n) is 1.35. The highest BCUT2D eigenvalue weighted by atomic mass is 35.5. The molecule has 0 aliphatic rings. The Hall–Kier alpha value is -0.940. The summed E-state index contributed by atoms with van der Waals surface area (Å²) in [5.74, 6) is 0.774. The van der Waals surface area contributed by atoms with E-state index in [9.17, 15) is 10.1 Å². The van der Waals surface area contributed by atoms with E-state index in [-0.39, 0.29) is 10.9 Å². The molecule has 4 nitrogen and oxygen atoms in total. The third-order valence-corrected chi connectivity index (χ3v) is 3.95. The zero-order chi connectivity index (χ0) is 13.5. The second-order valence-electron chi connectivity index (χ2n) is 3.79. The Bertz CT molecular complexity index is 414. The lowest BCUT2D eigenvalue weighted by Crippen LogP contribution is -2.03. The van der Waals surface area contributed by atoms with Gasteiger partial charge in [-0.3, -0.25) is 10.1 Å². The lowest BCUT2D eigenvalue weighted by atomic mass is 10.3. The Morgan fingerprint density at radius 2 is 2.28 bits per heavy atom. The van der Waals surface area contributed by atoms with Gasteiger partial charge >= 0.3 is 5.69 Å². The van der Waals surface area contributed by atoms with Gasteiger partial charge in [0.2, 0.25) is 0 Å². The summed E-state index contributed by atoms with van der Waals surface area (Å²) in [6, 6.07) is 5.12. The monoisotopic (exact) mass is 289 g/mol. The number of ether oxygens (including phenoxy) is 1. The summed E-state index contributed by atoms with van der Waals surface area (Å²) in [6.07, 6.45) is 0.812. The van der Waals surface area contributed by atoms with Gasteiger partial charge in [0, 0.05) is 11.1 Å². The molecule has 1 rings (SSSR count). The van der Waals surface area contributed by atoms with Crippen molar-refractivity contribution in [2.75, 3.05) is 12.5 Å². The van der Waals surface area contributed by atoms with E-state index in [1.165, 1.54) is 11.8 Å². The highest BCUT2D eigenvalue weighted by Gasteiger charge is 2.22. The number of benzene rings is 1. The number of nitrogens with zero attached hydrogens (tertiary/aromatic N) is 1. The molecule has 1 atom stereocenters. The Balaban J connectivity index is 3.05. The predicted molar refractivity (Wildman–Crippen MR) is 74.9 cm³/mol. The average molecular weight is 290 g/mol. The van der Waals surface area contributed by atoms with E-state index in [4.69, 9.17) is 16.3 Å². The van der Waals surface area contributed by atoms with Crippen LogP contribution in [0.5, 0.6) is 5.75 Å². The van der Waals surface area contributed by atoms with Gasteiger partial charge in [0.05, 0.1) is 16.4 Å². The fourth-order valence-corrected chi connectivity index (χ4v) is 2.48. The van der Waals surface area contributed by atoms with Gasteiger partial charge in [-0.25, -0.2) is 0 Å². The minimum atomic E-state index is -0.395. The van der Waals surface area contributed by atoms with Crippen LogP contribution in [0.2, 0.25) is 0 Å². The molecule has 0 aliphatic heterocycles. The molecule has 1 aromatic carbocycles. The van der Waals surface area contributed by atoms with Crippen LogP contribution in [0.4, 0.5) is 5.69 Å². The molecule has 0 amide bonds. The smallest absolute Gasteiger partial charge is 0.324 e. The molecule has 0 saturated carbocycles. The minimum Gasteiger partial charge on any atom is -0.487 e. The number of thioether (sulfide) groups is 1. The molecule has 0 aromatic heterocycles. The van der Waals surface area contributed by atoms with Gasteiger partial charge in [0.25, 0.3) is 0 Å². The second kappa shape index (κ2) is 7.48. The number of hydrogen-bond acceptors (Lipinski definition) is 4. The largest absolute Gasteiger partial charge is 0.487 e. The van der Waals surface area contributed by atoms with Crippen LogP contribution in [-0.2, 0) is 0 Å². The van der Waals surface area contributed by atoms with Crippen LogP contribution in [0.1, 0.15) is 20.3 Å². The lowest BCUT2D eigenvalue weighted by Gasteiger charge is -2.11. The maximum Gasteiger partial charge on any atom is 0.324 e. The maximum atomic E-state index is 11.2. The van der Waals surface area contributed by atoms with Gasteiger partial charge < -0.3 is 4.74 Å².